The molecule has 0 aliphatic rings. The highest BCUT2D eigenvalue weighted by Gasteiger charge is 2.05. The van der Waals surface area contributed by atoms with Crippen LogP contribution >= 0.6 is 0 Å². The lowest BCUT2D eigenvalue weighted by atomic mass is 10.2. The Morgan fingerprint density at radius 2 is 2.00 bits per heavy atom. The number of nitrogens with one attached hydrogen (secondary N) is 1. The Morgan fingerprint density at radius 1 is 1.15 bits per heavy atom. The van der Waals surface area contributed by atoms with Gasteiger partial charge in [0, 0.05) is 0 Å². The van der Waals surface area contributed by atoms with Crippen LogP contribution in [0.1, 0.15) is 5.56 Å². The highest BCUT2D eigenvalue weighted by molar-refractivity contribution is 5.74. The van der Waals surface area contributed by atoms with E-state index < -0.39 is 0 Å². The number of benzene rings is 2. The van der Waals surface area contributed by atoms with Crippen molar-refractivity contribution >= 4 is 11.0 Å². The molecule has 0 saturated carbocycles. The molecule has 102 valence electrons. The van der Waals surface area contributed by atoms with Gasteiger partial charge in [-0.15, -0.1) is 0 Å². The Bertz CT molecular complexity index is 786. The minimum Gasteiger partial charge on any atom is -0.492 e. The van der Waals surface area contributed by atoms with E-state index in [0.717, 1.165) is 22.3 Å². The number of rotatable bonds is 4. The lowest BCUT2D eigenvalue weighted by Crippen LogP contribution is -2.20. The zero-order valence-electron chi connectivity index (χ0n) is 11.3. The third kappa shape index (κ3) is 2.45. The molecule has 0 aliphatic carbocycles. The molecule has 20 heavy (non-hydrogen) atoms. The number of imidazole rings is 1. The summed E-state index contributed by atoms with van der Waals surface area (Å²) < 4.78 is 7.39. The third-order valence-corrected chi connectivity index (χ3v) is 3.25. The van der Waals surface area contributed by atoms with Crippen molar-refractivity contribution in [3.63, 3.8) is 0 Å². The number of ether oxygens (including phenoxy) is 1. The van der Waals surface area contributed by atoms with Crippen molar-refractivity contribution in [2.24, 2.45) is 0 Å². The van der Waals surface area contributed by atoms with Crippen LogP contribution in [-0.2, 0) is 6.54 Å². The predicted molar refractivity (Wildman–Crippen MR) is 79.2 cm³/mol. The van der Waals surface area contributed by atoms with Gasteiger partial charge in [-0.3, -0.25) is 4.57 Å². The summed E-state index contributed by atoms with van der Waals surface area (Å²) in [5, 5.41) is 0. The second kappa shape index (κ2) is 5.25. The van der Waals surface area contributed by atoms with Gasteiger partial charge in [-0.2, -0.15) is 0 Å². The van der Waals surface area contributed by atoms with Gasteiger partial charge in [0.1, 0.15) is 12.4 Å². The van der Waals surface area contributed by atoms with E-state index in [-0.39, 0.29) is 5.69 Å². The average Bonchev–Trinajstić information content (AvgIpc) is 2.75. The molecule has 1 N–H and O–H groups in total. The smallest absolute Gasteiger partial charge is 0.326 e. The van der Waals surface area contributed by atoms with Gasteiger partial charge in [0.2, 0.25) is 0 Å². The maximum Gasteiger partial charge on any atom is 0.326 e. The molecule has 0 radical (unpaired) electrons. The average molecular weight is 268 g/mol. The van der Waals surface area contributed by atoms with Crippen LogP contribution in [0.25, 0.3) is 11.0 Å². The first-order valence-corrected chi connectivity index (χ1v) is 6.61. The fourth-order valence-electron chi connectivity index (χ4n) is 2.29. The molecule has 1 aromatic heterocycles. The molecule has 3 aromatic rings. The Kier molecular flexibility index (Phi) is 3.29. The molecule has 3 rings (SSSR count). The Labute approximate surface area is 116 Å². The Hall–Kier alpha value is -2.49. The minimum absolute atomic E-state index is 0.0981. The number of hydrogen-bond donors (Lipinski definition) is 1. The summed E-state index contributed by atoms with van der Waals surface area (Å²) in [4.78, 5) is 14.7. The summed E-state index contributed by atoms with van der Waals surface area (Å²) in [5.74, 6) is 0.831. The third-order valence-electron chi connectivity index (χ3n) is 3.25. The van der Waals surface area contributed by atoms with Crippen molar-refractivity contribution in [1.82, 2.24) is 9.55 Å². The van der Waals surface area contributed by atoms with Crippen LogP contribution in [0.4, 0.5) is 0 Å². The van der Waals surface area contributed by atoms with E-state index >= 15 is 0 Å². The van der Waals surface area contributed by atoms with E-state index in [1.807, 2.05) is 55.5 Å². The fourth-order valence-corrected chi connectivity index (χ4v) is 2.29. The van der Waals surface area contributed by atoms with Crippen molar-refractivity contribution < 1.29 is 4.74 Å². The zero-order chi connectivity index (χ0) is 13.9. The monoisotopic (exact) mass is 268 g/mol. The van der Waals surface area contributed by atoms with Gasteiger partial charge < -0.3 is 9.72 Å². The number of para-hydroxylation sites is 2. The van der Waals surface area contributed by atoms with Crippen molar-refractivity contribution in [3.05, 3.63) is 64.6 Å². The first kappa shape index (κ1) is 12.5. The van der Waals surface area contributed by atoms with Crippen LogP contribution in [0.5, 0.6) is 5.75 Å². The van der Waals surface area contributed by atoms with E-state index in [4.69, 9.17) is 4.74 Å². The predicted octanol–water partition coefficient (Wildman–Crippen LogP) is 2.72. The number of aromatic nitrogens is 2. The topological polar surface area (TPSA) is 47.0 Å². The van der Waals surface area contributed by atoms with Crippen LogP contribution in [0, 0.1) is 6.92 Å². The van der Waals surface area contributed by atoms with Crippen LogP contribution in [0.15, 0.2) is 53.3 Å². The summed E-state index contributed by atoms with van der Waals surface area (Å²) in [6.07, 6.45) is 0. The van der Waals surface area contributed by atoms with Gasteiger partial charge in [-0.05, 0) is 36.8 Å². The summed E-state index contributed by atoms with van der Waals surface area (Å²) in [6, 6.07) is 15.6. The molecule has 0 unspecified atom stereocenters. The Morgan fingerprint density at radius 3 is 2.85 bits per heavy atom. The standard InChI is InChI=1S/C16H16N2O2/c1-12-5-4-6-13(11-12)20-10-9-18-15-8-3-2-7-14(15)17-16(18)19/h2-8,11H,9-10H2,1H3,(H,17,19). The second-order valence-electron chi connectivity index (χ2n) is 4.76. The second-order valence-corrected chi connectivity index (χ2v) is 4.76. The number of nitrogens with zero attached hydrogens (tertiary/aromatic N) is 1. The molecule has 0 amide bonds. The van der Waals surface area contributed by atoms with Crippen LogP contribution in [-0.4, -0.2) is 16.2 Å². The normalized spacial score (nSPS) is 10.8. The minimum atomic E-state index is -0.0981. The maximum atomic E-state index is 11.9. The largest absolute Gasteiger partial charge is 0.492 e. The number of aryl methyl sites for hydroxylation is 1. The summed E-state index contributed by atoms with van der Waals surface area (Å²) in [6.45, 7) is 3.01. The highest BCUT2D eigenvalue weighted by Crippen LogP contribution is 2.13. The molecule has 0 fully saturated rings. The van der Waals surface area contributed by atoms with Gasteiger partial charge in [0.05, 0.1) is 17.6 Å². The Balaban J connectivity index is 1.74. The van der Waals surface area contributed by atoms with Gasteiger partial charge in [-0.25, -0.2) is 4.79 Å². The van der Waals surface area contributed by atoms with E-state index in [1.54, 1.807) is 4.57 Å². The van der Waals surface area contributed by atoms with Gasteiger partial charge in [0.15, 0.2) is 0 Å². The molecule has 0 saturated heterocycles. The summed E-state index contributed by atoms with van der Waals surface area (Å²) in [7, 11) is 0. The van der Waals surface area contributed by atoms with E-state index in [0.29, 0.717) is 13.2 Å². The fraction of sp³-hybridized carbons (Fsp3) is 0.188. The number of H-pyrrole nitrogens is 1. The molecule has 4 nitrogen and oxygen atoms in total. The van der Waals surface area contributed by atoms with Crippen molar-refractivity contribution in [2.45, 2.75) is 13.5 Å². The number of fused-ring (bicyclic) bond motifs is 1. The molecule has 4 heteroatoms. The van der Waals surface area contributed by atoms with Crippen LogP contribution < -0.4 is 10.4 Å². The zero-order valence-corrected chi connectivity index (χ0v) is 11.3. The first-order chi connectivity index (χ1) is 9.74. The maximum absolute atomic E-state index is 11.9. The van der Waals surface area contributed by atoms with Gasteiger partial charge >= 0.3 is 5.69 Å². The van der Waals surface area contributed by atoms with E-state index in [1.165, 1.54) is 0 Å². The number of aromatic amines is 1. The van der Waals surface area contributed by atoms with Crippen molar-refractivity contribution in [2.75, 3.05) is 6.61 Å². The molecule has 0 bridgehead atoms. The molecule has 2 aromatic carbocycles. The lowest BCUT2D eigenvalue weighted by Gasteiger charge is -2.07. The van der Waals surface area contributed by atoms with Gasteiger partial charge in [0.25, 0.3) is 0 Å². The van der Waals surface area contributed by atoms with Crippen LogP contribution in [0.3, 0.4) is 0 Å². The summed E-state index contributed by atoms with van der Waals surface area (Å²) in [5.41, 5.74) is 2.82. The molecule has 1 heterocycles. The lowest BCUT2D eigenvalue weighted by molar-refractivity contribution is 0.298. The van der Waals surface area contributed by atoms with Gasteiger partial charge in [-0.1, -0.05) is 24.3 Å². The van der Waals surface area contributed by atoms with Crippen molar-refractivity contribution in [3.8, 4) is 5.75 Å². The molecular weight excluding hydrogens is 252 g/mol. The first-order valence-electron chi connectivity index (χ1n) is 6.61. The van der Waals surface area contributed by atoms with Crippen molar-refractivity contribution in [1.29, 1.82) is 0 Å². The highest BCUT2D eigenvalue weighted by atomic mass is 16.5. The molecule has 0 aliphatic heterocycles. The number of hydrogen-bond acceptors (Lipinski definition) is 2. The van der Waals surface area contributed by atoms with Crippen LogP contribution in [0.2, 0.25) is 0 Å². The SMILES string of the molecule is Cc1cccc(OCCn2c(=O)[nH]c3ccccc32)c1. The quantitative estimate of drug-likeness (QED) is 0.791. The van der Waals surface area contributed by atoms with E-state index in [9.17, 15) is 4.79 Å². The molecular formula is C16H16N2O2. The molecule has 0 spiro atoms. The van der Waals surface area contributed by atoms with E-state index in [2.05, 4.69) is 4.98 Å². The summed E-state index contributed by atoms with van der Waals surface area (Å²) >= 11 is 0. The molecule has 0 atom stereocenters.